The van der Waals surface area contributed by atoms with Crippen LogP contribution < -0.4 is 15.5 Å². The SMILES string of the molecule is Cc1nc(NC2CN(C(=O)c3ccc(C(F)(F)F)cc3)C2)nc2c1NC(=O)[C@H](C(C)C)N2C. The number of halogens is 3. The first-order chi connectivity index (χ1) is 15.5. The van der Waals surface area contributed by atoms with Crippen LogP contribution >= 0.6 is 0 Å². The fraction of sp³-hybridized carbons (Fsp3) is 0.455. The lowest BCUT2D eigenvalue weighted by Crippen LogP contribution is -2.57. The third-order valence-corrected chi connectivity index (χ3v) is 5.93. The standard InChI is InChI=1S/C22H25F3N6O2/c1-11(2)17-19(32)28-16-12(3)26-21(29-18(16)30(17)4)27-15-9-31(10-15)20(33)13-5-7-14(8-6-13)22(23,24)25/h5-8,11,15,17H,9-10H2,1-4H3,(H,28,32)(H,26,27,29)/t17-/m0/s1. The van der Waals surface area contributed by atoms with Crippen molar-refractivity contribution < 1.29 is 22.8 Å². The predicted octanol–water partition coefficient (Wildman–Crippen LogP) is 3.15. The Labute approximate surface area is 189 Å². The molecule has 0 spiro atoms. The molecule has 8 nitrogen and oxygen atoms in total. The summed E-state index contributed by atoms with van der Waals surface area (Å²) in [5, 5.41) is 6.10. The summed E-state index contributed by atoms with van der Waals surface area (Å²) in [5.41, 5.74) is 0.627. The summed E-state index contributed by atoms with van der Waals surface area (Å²) in [7, 11) is 1.83. The van der Waals surface area contributed by atoms with Crippen LogP contribution in [0.1, 0.15) is 35.5 Å². The van der Waals surface area contributed by atoms with E-state index in [1.807, 2.05) is 25.8 Å². The van der Waals surface area contributed by atoms with E-state index in [0.717, 1.165) is 12.1 Å². The van der Waals surface area contributed by atoms with Gasteiger partial charge in [-0.05, 0) is 37.1 Å². The van der Waals surface area contributed by atoms with Gasteiger partial charge in [-0.25, -0.2) is 4.98 Å². The molecular formula is C22H25F3N6O2. The van der Waals surface area contributed by atoms with E-state index in [1.165, 1.54) is 12.1 Å². The van der Waals surface area contributed by atoms with Gasteiger partial charge in [0, 0.05) is 25.7 Å². The number of alkyl halides is 3. The van der Waals surface area contributed by atoms with Crippen LogP contribution in [-0.4, -0.2) is 58.9 Å². The number of carbonyl (C=O) groups excluding carboxylic acids is 2. The Morgan fingerprint density at radius 2 is 1.82 bits per heavy atom. The molecule has 2 aliphatic heterocycles. The summed E-state index contributed by atoms with van der Waals surface area (Å²) in [6.07, 6.45) is -4.44. The quantitative estimate of drug-likeness (QED) is 0.726. The Kier molecular flexibility index (Phi) is 5.67. The number of benzene rings is 1. The zero-order valence-corrected chi connectivity index (χ0v) is 18.7. The Balaban J connectivity index is 1.41. The molecule has 2 N–H and O–H groups in total. The molecule has 4 rings (SSSR count). The van der Waals surface area contributed by atoms with Crippen molar-refractivity contribution in [3.63, 3.8) is 0 Å². The smallest absolute Gasteiger partial charge is 0.348 e. The molecule has 1 fully saturated rings. The maximum Gasteiger partial charge on any atom is 0.416 e. The van der Waals surface area contributed by atoms with Crippen LogP contribution in [0.5, 0.6) is 0 Å². The molecule has 0 unspecified atom stereocenters. The van der Waals surface area contributed by atoms with Gasteiger partial charge in [0.2, 0.25) is 11.9 Å². The van der Waals surface area contributed by atoms with Crippen LogP contribution in [0, 0.1) is 12.8 Å². The summed E-state index contributed by atoms with van der Waals surface area (Å²) in [5.74, 6) is 0.685. The van der Waals surface area contributed by atoms with Gasteiger partial charge in [-0.15, -0.1) is 0 Å². The van der Waals surface area contributed by atoms with Gasteiger partial charge in [-0.3, -0.25) is 9.59 Å². The fourth-order valence-corrected chi connectivity index (χ4v) is 4.18. The molecule has 1 aromatic carbocycles. The third-order valence-electron chi connectivity index (χ3n) is 5.93. The van der Waals surface area contributed by atoms with Crippen molar-refractivity contribution in [1.82, 2.24) is 14.9 Å². The number of fused-ring (bicyclic) bond motifs is 1. The number of nitrogens with one attached hydrogen (secondary N) is 2. The zero-order chi connectivity index (χ0) is 24.1. The number of nitrogens with zero attached hydrogens (tertiary/aromatic N) is 4. The van der Waals surface area contributed by atoms with E-state index >= 15 is 0 Å². The second kappa shape index (κ2) is 8.20. The molecule has 0 bridgehead atoms. The van der Waals surface area contributed by atoms with Crippen LogP contribution in [0.4, 0.5) is 30.6 Å². The van der Waals surface area contributed by atoms with Crippen molar-refractivity contribution in [2.24, 2.45) is 5.92 Å². The van der Waals surface area contributed by atoms with Gasteiger partial charge < -0.3 is 20.4 Å². The molecule has 0 radical (unpaired) electrons. The normalized spacial score (nSPS) is 18.7. The number of anilines is 3. The highest BCUT2D eigenvalue weighted by Crippen LogP contribution is 2.34. The fourth-order valence-electron chi connectivity index (χ4n) is 4.18. The van der Waals surface area contributed by atoms with Crippen LogP contribution in [-0.2, 0) is 11.0 Å². The van der Waals surface area contributed by atoms with Crippen LogP contribution in [0.25, 0.3) is 0 Å². The van der Waals surface area contributed by atoms with Gasteiger partial charge in [0.25, 0.3) is 5.91 Å². The molecule has 1 aromatic heterocycles. The molecule has 33 heavy (non-hydrogen) atoms. The van der Waals surface area contributed by atoms with E-state index in [4.69, 9.17) is 0 Å². The minimum absolute atomic E-state index is 0.0891. The number of hydrogen-bond donors (Lipinski definition) is 2. The van der Waals surface area contributed by atoms with Gasteiger partial charge in [-0.2, -0.15) is 18.2 Å². The van der Waals surface area contributed by atoms with Crippen molar-refractivity contribution in [1.29, 1.82) is 0 Å². The Hall–Kier alpha value is -3.37. The molecule has 11 heteroatoms. The maximum absolute atomic E-state index is 12.7. The predicted molar refractivity (Wildman–Crippen MR) is 117 cm³/mol. The van der Waals surface area contributed by atoms with Crippen molar-refractivity contribution in [3.05, 3.63) is 41.1 Å². The van der Waals surface area contributed by atoms with Crippen molar-refractivity contribution in [2.45, 2.75) is 39.0 Å². The van der Waals surface area contributed by atoms with Gasteiger partial charge in [0.1, 0.15) is 11.7 Å². The molecule has 2 aromatic rings. The average molecular weight is 462 g/mol. The summed E-state index contributed by atoms with van der Waals surface area (Å²) >= 11 is 0. The highest BCUT2D eigenvalue weighted by atomic mass is 19.4. The van der Waals surface area contributed by atoms with Crippen molar-refractivity contribution in [3.8, 4) is 0 Å². The lowest BCUT2D eigenvalue weighted by Gasteiger charge is -2.40. The second-order valence-electron chi connectivity index (χ2n) is 8.75. The summed E-state index contributed by atoms with van der Waals surface area (Å²) in [6.45, 7) is 6.48. The molecule has 2 amide bonds. The number of likely N-dealkylation sites (tertiary alicyclic amines) is 1. The highest BCUT2D eigenvalue weighted by Gasteiger charge is 2.37. The van der Waals surface area contributed by atoms with Gasteiger partial charge in [0.15, 0.2) is 5.82 Å². The molecule has 176 valence electrons. The molecule has 0 saturated carbocycles. The topological polar surface area (TPSA) is 90.5 Å². The van der Waals surface area contributed by atoms with Crippen molar-refractivity contribution in [2.75, 3.05) is 35.7 Å². The van der Waals surface area contributed by atoms with E-state index < -0.39 is 11.7 Å². The largest absolute Gasteiger partial charge is 0.416 e. The molecule has 0 aliphatic carbocycles. The third kappa shape index (κ3) is 4.31. The summed E-state index contributed by atoms with van der Waals surface area (Å²) in [6, 6.07) is 3.76. The van der Waals surface area contributed by atoms with Gasteiger partial charge in [0.05, 0.1) is 17.3 Å². The van der Waals surface area contributed by atoms with Gasteiger partial charge in [-0.1, -0.05) is 13.8 Å². The van der Waals surface area contributed by atoms with E-state index in [1.54, 1.807) is 11.8 Å². The Bertz CT molecular complexity index is 1080. The Morgan fingerprint density at radius 3 is 2.39 bits per heavy atom. The molecule has 1 saturated heterocycles. The average Bonchev–Trinajstić information content (AvgIpc) is 2.70. The zero-order valence-electron chi connectivity index (χ0n) is 18.7. The Morgan fingerprint density at radius 1 is 1.18 bits per heavy atom. The van der Waals surface area contributed by atoms with Crippen LogP contribution in [0.3, 0.4) is 0 Å². The van der Waals surface area contributed by atoms with Crippen LogP contribution in [0.15, 0.2) is 24.3 Å². The first-order valence-corrected chi connectivity index (χ1v) is 10.6. The van der Waals surface area contributed by atoms with E-state index in [9.17, 15) is 22.8 Å². The first-order valence-electron chi connectivity index (χ1n) is 10.6. The lowest BCUT2D eigenvalue weighted by atomic mass is 9.99. The summed E-state index contributed by atoms with van der Waals surface area (Å²) < 4.78 is 38.1. The monoisotopic (exact) mass is 462 g/mol. The van der Waals surface area contributed by atoms with E-state index in [-0.39, 0.29) is 35.4 Å². The minimum Gasteiger partial charge on any atom is -0.348 e. The number of hydrogen-bond acceptors (Lipinski definition) is 6. The number of aryl methyl sites for hydroxylation is 1. The highest BCUT2D eigenvalue weighted by molar-refractivity contribution is 6.03. The number of carbonyl (C=O) groups is 2. The number of amides is 2. The molecular weight excluding hydrogens is 437 g/mol. The first kappa shape index (κ1) is 22.8. The van der Waals surface area contributed by atoms with Gasteiger partial charge >= 0.3 is 6.18 Å². The van der Waals surface area contributed by atoms with E-state index in [0.29, 0.717) is 36.2 Å². The number of likely N-dealkylation sites (N-methyl/N-ethyl adjacent to an activating group) is 1. The second-order valence-corrected chi connectivity index (χ2v) is 8.75. The number of aromatic nitrogens is 2. The minimum atomic E-state index is -4.44. The summed E-state index contributed by atoms with van der Waals surface area (Å²) in [4.78, 5) is 37.4. The lowest BCUT2D eigenvalue weighted by molar-refractivity contribution is -0.137. The molecule has 3 heterocycles. The number of rotatable bonds is 4. The van der Waals surface area contributed by atoms with E-state index in [2.05, 4.69) is 20.6 Å². The van der Waals surface area contributed by atoms with Crippen LogP contribution in [0.2, 0.25) is 0 Å². The molecule has 2 aliphatic rings. The molecule has 1 atom stereocenters. The van der Waals surface area contributed by atoms with Crippen molar-refractivity contribution >= 4 is 29.3 Å². The maximum atomic E-state index is 12.7.